The molecule has 3 nitrogen and oxygen atoms in total. The Balaban J connectivity index is 2.11. The van der Waals surface area contributed by atoms with Crippen LogP contribution in [0, 0.1) is 17.1 Å². The van der Waals surface area contributed by atoms with Gasteiger partial charge in [0.05, 0.1) is 5.56 Å². The first-order chi connectivity index (χ1) is 8.70. The number of benzene rings is 1. The molecule has 2 rings (SSSR count). The Kier molecular flexibility index (Phi) is 3.75. The minimum atomic E-state index is -0.276. The van der Waals surface area contributed by atoms with Gasteiger partial charge in [0.25, 0.3) is 0 Å². The molecule has 18 heavy (non-hydrogen) atoms. The van der Waals surface area contributed by atoms with E-state index in [-0.39, 0.29) is 5.82 Å². The number of nitrogens with one attached hydrogen (secondary N) is 1. The van der Waals surface area contributed by atoms with Gasteiger partial charge in [-0.05, 0) is 23.8 Å². The highest BCUT2D eigenvalue weighted by molar-refractivity contribution is 6.34. The number of anilines is 1. The SMILES string of the molecule is N#Cc1ccnc(NCc2ccc(F)cc2)c1Cl. The fourth-order valence-electron chi connectivity index (χ4n) is 1.44. The van der Waals surface area contributed by atoms with Crippen LogP contribution in [-0.2, 0) is 6.54 Å². The summed E-state index contributed by atoms with van der Waals surface area (Å²) >= 11 is 5.99. The zero-order chi connectivity index (χ0) is 13.0. The highest BCUT2D eigenvalue weighted by Gasteiger charge is 2.06. The largest absolute Gasteiger partial charge is 0.365 e. The standard InChI is InChI=1S/C13H9ClFN3/c14-12-10(7-16)5-6-17-13(12)18-8-9-1-3-11(15)4-2-9/h1-6H,8H2,(H,17,18). The van der Waals surface area contributed by atoms with Gasteiger partial charge < -0.3 is 5.32 Å². The molecule has 0 fully saturated rings. The molecular formula is C13H9ClFN3. The summed E-state index contributed by atoms with van der Waals surface area (Å²) in [6, 6.07) is 9.64. The first-order valence-electron chi connectivity index (χ1n) is 5.23. The van der Waals surface area contributed by atoms with Crippen LogP contribution in [0.25, 0.3) is 0 Å². The average Bonchev–Trinajstić information content (AvgIpc) is 2.39. The summed E-state index contributed by atoms with van der Waals surface area (Å²) in [6.07, 6.45) is 1.51. The molecule has 1 aromatic heterocycles. The van der Waals surface area contributed by atoms with Gasteiger partial charge in [-0.3, -0.25) is 0 Å². The van der Waals surface area contributed by atoms with Gasteiger partial charge in [-0.1, -0.05) is 23.7 Å². The highest BCUT2D eigenvalue weighted by atomic mass is 35.5. The first kappa shape index (κ1) is 12.3. The summed E-state index contributed by atoms with van der Waals surface area (Å²) in [7, 11) is 0. The Bertz CT molecular complexity index is 590. The monoisotopic (exact) mass is 261 g/mol. The highest BCUT2D eigenvalue weighted by Crippen LogP contribution is 2.23. The Labute approximate surface area is 109 Å². The van der Waals surface area contributed by atoms with Gasteiger partial charge in [-0.2, -0.15) is 5.26 Å². The molecule has 1 N–H and O–H groups in total. The Morgan fingerprint density at radius 3 is 2.67 bits per heavy atom. The van der Waals surface area contributed by atoms with Gasteiger partial charge in [-0.15, -0.1) is 0 Å². The summed E-state index contributed by atoms with van der Waals surface area (Å²) in [5.41, 5.74) is 1.27. The number of pyridine rings is 1. The third-order valence-electron chi connectivity index (χ3n) is 2.38. The van der Waals surface area contributed by atoms with Crippen LogP contribution in [0.3, 0.4) is 0 Å². The lowest BCUT2D eigenvalue weighted by Gasteiger charge is -2.07. The molecule has 0 spiro atoms. The molecule has 90 valence electrons. The fourth-order valence-corrected chi connectivity index (χ4v) is 1.66. The maximum Gasteiger partial charge on any atom is 0.146 e. The van der Waals surface area contributed by atoms with E-state index in [1.807, 2.05) is 6.07 Å². The summed E-state index contributed by atoms with van der Waals surface area (Å²) in [4.78, 5) is 4.05. The number of hydrogen-bond donors (Lipinski definition) is 1. The molecule has 0 saturated heterocycles. The lowest BCUT2D eigenvalue weighted by molar-refractivity contribution is 0.627. The van der Waals surface area contributed by atoms with E-state index in [4.69, 9.17) is 16.9 Å². The number of rotatable bonds is 3. The quantitative estimate of drug-likeness (QED) is 0.922. The Hall–Kier alpha value is -2.12. The average molecular weight is 262 g/mol. The molecule has 1 heterocycles. The Morgan fingerprint density at radius 2 is 2.00 bits per heavy atom. The molecule has 0 aliphatic carbocycles. The van der Waals surface area contributed by atoms with Crippen molar-refractivity contribution >= 4 is 17.4 Å². The molecule has 5 heteroatoms. The van der Waals surface area contributed by atoms with Crippen molar-refractivity contribution in [3.63, 3.8) is 0 Å². The van der Waals surface area contributed by atoms with Crippen LogP contribution in [0.1, 0.15) is 11.1 Å². The number of aromatic nitrogens is 1. The molecular weight excluding hydrogens is 253 g/mol. The molecule has 2 aromatic rings. The third kappa shape index (κ3) is 2.76. The molecule has 0 saturated carbocycles. The van der Waals surface area contributed by atoms with Crippen molar-refractivity contribution in [2.75, 3.05) is 5.32 Å². The van der Waals surface area contributed by atoms with Crippen molar-refractivity contribution in [3.05, 3.63) is 58.5 Å². The van der Waals surface area contributed by atoms with E-state index in [9.17, 15) is 4.39 Å². The molecule has 0 aliphatic rings. The van der Waals surface area contributed by atoms with E-state index in [0.717, 1.165) is 5.56 Å². The Morgan fingerprint density at radius 1 is 1.28 bits per heavy atom. The second-order valence-electron chi connectivity index (χ2n) is 3.61. The zero-order valence-corrected chi connectivity index (χ0v) is 10.1. The maximum absolute atomic E-state index is 12.7. The number of nitrogens with zero attached hydrogens (tertiary/aromatic N) is 2. The molecule has 0 bridgehead atoms. The van der Waals surface area contributed by atoms with Crippen LogP contribution in [0.4, 0.5) is 10.2 Å². The van der Waals surface area contributed by atoms with Gasteiger partial charge in [0.2, 0.25) is 0 Å². The van der Waals surface area contributed by atoms with Crippen LogP contribution in [0.15, 0.2) is 36.5 Å². The minimum Gasteiger partial charge on any atom is -0.365 e. The van der Waals surface area contributed by atoms with Crippen LogP contribution in [0.2, 0.25) is 5.02 Å². The molecule has 0 atom stereocenters. The lowest BCUT2D eigenvalue weighted by atomic mass is 10.2. The van der Waals surface area contributed by atoms with Gasteiger partial charge >= 0.3 is 0 Å². The first-order valence-corrected chi connectivity index (χ1v) is 5.61. The lowest BCUT2D eigenvalue weighted by Crippen LogP contribution is -2.02. The van der Waals surface area contributed by atoms with Crippen molar-refractivity contribution in [1.29, 1.82) is 5.26 Å². The fraction of sp³-hybridized carbons (Fsp3) is 0.0769. The molecule has 0 unspecified atom stereocenters. The summed E-state index contributed by atoms with van der Waals surface area (Å²) < 4.78 is 12.7. The second kappa shape index (κ2) is 5.48. The topological polar surface area (TPSA) is 48.7 Å². The van der Waals surface area contributed by atoms with E-state index in [2.05, 4.69) is 10.3 Å². The van der Waals surface area contributed by atoms with Gasteiger partial charge in [0, 0.05) is 12.7 Å². The van der Waals surface area contributed by atoms with Crippen LogP contribution >= 0.6 is 11.6 Å². The van der Waals surface area contributed by atoms with Crippen LogP contribution < -0.4 is 5.32 Å². The van der Waals surface area contributed by atoms with Gasteiger partial charge in [0.1, 0.15) is 22.7 Å². The smallest absolute Gasteiger partial charge is 0.146 e. The number of nitriles is 1. The number of halogens is 2. The van der Waals surface area contributed by atoms with E-state index in [0.29, 0.717) is 22.9 Å². The molecule has 0 radical (unpaired) electrons. The summed E-state index contributed by atoms with van der Waals surface area (Å²) in [5, 5.41) is 12.1. The third-order valence-corrected chi connectivity index (χ3v) is 2.77. The minimum absolute atomic E-state index is 0.276. The van der Waals surface area contributed by atoms with Crippen molar-refractivity contribution in [1.82, 2.24) is 4.98 Å². The van der Waals surface area contributed by atoms with Crippen LogP contribution in [0.5, 0.6) is 0 Å². The van der Waals surface area contributed by atoms with Crippen molar-refractivity contribution in [2.45, 2.75) is 6.54 Å². The second-order valence-corrected chi connectivity index (χ2v) is 3.99. The zero-order valence-electron chi connectivity index (χ0n) is 9.32. The van der Waals surface area contributed by atoms with E-state index < -0.39 is 0 Å². The van der Waals surface area contributed by atoms with Gasteiger partial charge in [-0.25, -0.2) is 9.37 Å². The van der Waals surface area contributed by atoms with Crippen LogP contribution in [-0.4, -0.2) is 4.98 Å². The van der Waals surface area contributed by atoms with Crippen molar-refractivity contribution in [2.24, 2.45) is 0 Å². The molecule has 0 amide bonds. The normalized spacial score (nSPS) is 9.83. The predicted octanol–water partition coefficient (Wildman–Crippen LogP) is 3.36. The maximum atomic E-state index is 12.7. The van der Waals surface area contributed by atoms with E-state index in [1.54, 1.807) is 18.2 Å². The summed E-state index contributed by atoms with van der Waals surface area (Å²) in [6.45, 7) is 0.460. The van der Waals surface area contributed by atoms with Crippen molar-refractivity contribution in [3.8, 4) is 6.07 Å². The predicted molar refractivity (Wildman–Crippen MR) is 67.7 cm³/mol. The van der Waals surface area contributed by atoms with E-state index in [1.165, 1.54) is 18.3 Å². The van der Waals surface area contributed by atoms with Crippen molar-refractivity contribution < 1.29 is 4.39 Å². The molecule has 1 aromatic carbocycles. The summed E-state index contributed by atoms with van der Waals surface area (Å²) in [5.74, 6) is 0.168. The molecule has 0 aliphatic heterocycles. The van der Waals surface area contributed by atoms with E-state index >= 15 is 0 Å². The number of hydrogen-bond acceptors (Lipinski definition) is 3. The van der Waals surface area contributed by atoms with Gasteiger partial charge in [0.15, 0.2) is 0 Å².